The van der Waals surface area contributed by atoms with Crippen LogP contribution < -0.4 is 5.73 Å². The third-order valence-corrected chi connectivity index (χ3v) is 2.79. The summed E-state index contributed by atoms with van der Waals surface area (Å²) in [5.74, 6) is -0.622. The van der Waals surface area contributed by atoms with Crippen LogP contribution in [-0.4, -0.2) is 34.3 Å². The van der Waals surface area contributed by atoms with Gasteiger partial charge in [0.05, 0.1) is 11.6 Å². The number of hydrogen-bond donors (Lipinski definition) is 1. The van der Waals surface area contributed by atoms with Gasteiger partial charge in [-0.3, -0.25) is 19.5 Å². The first-order valence-electron chi connectivity index (χ1n) is 5.23. The molecule has 0 saturated heterocycles. The van der Waals surface area contributed by atoms with E-state index in [4.69, 9.17) is 5.73 Å². The number of amides is 2. The maximum atomic E-state index is 12.0. The van der Waals surface area contributed by atoms with Crippen molar-refractivity contribution in [2.24, 2.45) is 5.73 Å². The minimum absolute atomic E-state index is 0.236. The van der Waals surface area contributed by atoms with Gasteiger partial charge in [-0.1, -0.05) is 6.92 Å². The Morgan fingerprint density at radius 1 is 1.44 bits per heavy atom. The molecular weight excluding hydrogens is 206 g/mol. The number of imide groups is 1. The Balaban J connectivity index is 2.42. The maximum absolute atomic E-state index is 12.0. The molecule has 2 heterocycles. The van der Waals surface area contributed by atoms with E-state index in [1.807, 2.05) is 6.92 Å². The molecule has 0 radical (unpaired) electrons. The second-order valence-corrected chi connectivity index (χ2v) is 3.68. The lowest BCUT2D eigenvalue weighted by Crippen LogP contribution is -2.43. The van der Waals surface area contributed by atoms with Crippen LogP contribution in [-0.2, 0) is 0 Å². The topological polar surface area (TPSA) is 76.3 Å². The van der Waals surface area contributed by atoms with Crippen LogP contribution in [0.2, 0.25) is 0 Å². The van der Waals surface area contributed by atoms with Gasteiger partial charge < -0.3 is 5.73 Å². The number of nitrogens with zero attached hydrogens (tertiary/aromatic N) is 2. The summed E-state index contributed by atoms with van der Waals surface area (Å²) in [6.07, 6.45) is 2.17. The second kappa shape index (κ2) is 4.02. The van der Waals surface area contributed by atoms with Gasteiger partial charge in [0, 0.05) is 12.7 Å². The van der Waals surface area contributed by atoms with E-state index in [0.717, 1.165) is 0 Å². The zero-order chi connectivity index (χ0) is 11.7. The molecule has 16 heavy (non-hydrogen) atoms. The number of rotatable bonds is 3. The van der Waals surface area contributed by atoms with E-state index < -0.39 is 0 Å². The summed E-state index contributed by atoms with van der Waals surface area (Å²) in [5, 5.41) is 0. The third-order valence-electron chi connectivity index (χ3n) is 2.79. The molecule has 2 rings (SSSR count). The Morgan fingerprint density at radius 2 is 2.19 bits per heavy atom. The van der Waals surface area contributed by atoms with Crippen molar-refractivity contribution >= 4 is 11.8 Å². The first kappa shape index (κ1) is 10.8. The van der Waals surface area contributed by atoms with Gasteiger partial charge in [-0.05, 0) is 18.6 Å². The van der Waals surface area contributed by atoms with Gasteiger partial charge in [0.25, 0.3) is 11.8 Å². The average Bonchev–Trinajstić information content (AvgIpc) is 2.57. The van der Waals surface area contributed by atoms with Crippen LogP contribution >= 0.6 is 0 Å². The number of hydrogen-bond acceptors (Lipinski definition) is 4. The van der Waals surface area contributed by atoms with Gasteiger partial charge in [-0.15, -0.1) is 0 Å². The summed E-state index contributed by atoms with van der Waals surface area (Å²) >= 11 is 0. The molecule has 5 nitrogen and oxygen atoms in total. The van der Waals surface area contributed by atoms with Crippen molar-refractivity contribution < 1.29 is 9.59 Å². The van der Waals surface area contributed by atoms with Gasteiger partial charge in [0.1, 0.15) is 5.69 Å². The second-order valence-electron chi connectivity index (χ2n) is 3.68. The standard InChI is InChI=1S/C11H13N3O2/c1-2-7(6-12)14-10(15)8-4-3-5-13-9(8)11(14)16/h3-5,7H,2,6,12H2,1H3. The van der Waals surface area contributed by atoms with E-state index in [9.17, 15) is 9.59 Å². The van der Waals surface area contributed by atoms with Crippen molar-refractivity contribution in [3.05, 3.63) is 29.6 Å². The van der Waals surface area contributed by atoms with E-state index in [0.29, 0.717) is 12.0 Å². The quantitative estimate of drug-likeness (QED) is 0.747. The molecule has 0 spiro atoms. The highest BCUT2D eigenvalue weighted by atomic mass is 16.2. The molecule has 0 aliphatic carbocycles. The van der Waals surface area contributed by atoms with E-state index in [-0.39, 0.29) is 30.1 Å². The van der Waals surface area contributed by atoms with Crippen molar-refractivity contribution in [1.29, 1.82) is 0 Å². The first-order valence-corrected chi connectivity index (χ1v) is 5.23. The molecule has 5 heteroatoms. The lowest BCUT2D eigenvalue weighted by molar-refractivity contribution is 0.0583. The van der Waals surface area contributed by atoms with Crippen molar-refractivity contribution in [3.63, 3.8) is 0 Å². The SMILES string of the molecule is CCC(CN)N1C(=O)c2cccnc2C1=O. The zero-order valence-corrected chi connectivity index (χ0v) is 9.01. The van der Waals surface area contributed by atoms with E-state index in [1.165, 1.54) is 11.1 Å². The average molecular weight is 219 g/mol. The number of pyridine rings is 1. The fraction of sp³-hybridized carbons (Fsp3) is 0.364. The molecule has 2 amide bonds. The van der Waals surface area contributed by atoms with E-state index >= 15 is 0 Å². The number of carbonyl (C=O) groups is 2. The molecule has 0 saturated carbocycles. The Kier molecular flexibility index (Phi) is 2.70. The van der Waals surface area contributed by atoms with Crippen LogP contribution in [0.25, 0.3) is 0 Å². The monoisotopic (exact) mass is 219 g/mol. The Bertz CT molecular complexity index is 406. The molecule has 1 aliphatic heterocycles. The molecule has 1 aliphatic rings. The Hall–Kier alpha value is -1.75. The molecule has 84 valence electrons. The highest BCUT2D eigenvalue weighted by Gasteiger charge is 2.39. The van der Waals surface area contributed by atoms with Crippen molar-refractivity contribution in [1.82, 2.24) is 9.88 Å². The van der Waals surface area contributed by atoms with Gasteiger partial charge in [-0.2, -0.15) is 0 Å². The summed E-state index contributed by atoms with van der Waals surface area (Å²) in [7, 11) is 0. The summed E-state index contributed by atoms with van der Waals surface area (Å²) in [4.78, 5) is 29.1. The lowest BCUT2D eigenvalue weighted by Gasteiger charge is -2.22. The molecule has 2 N–H and O–H groups in total. The van der Waals surface area contributed by atoms with Gasteiger partial charge in [0.2, 0.25) is 0 Å². The van der Waals surface area contributed by atoms with Crippen LogP contribution in [0.5, 0.6) is 0 Å². The summed E-state index contributed by atoms with van der Waals surface area (Å²) in [6, 6.07) is 3.03. The van der Waals surface area contributed by atoms with Gasteiger partial charge in [-0.25, -0.2) is 0 Å². The zero-order valence-electron chi connectivity index (χ0n) is 9.01. The molecule has 0 fully saturated rings. The largest absolute Gasteiger partial charge is 0.328 e. The number of fused-ring (bicyclic) bond motifs is 1. The molecule has 1 aromatic heterocycles. The number of carbonyl (C=O) groups excluding carboxylic acids is 2. The van der Waals surface area contributed by atoms with Gasteiger partial charge >= 0.3 is 0 Å². The summed E-state index contributed by atoms with van der Waals surface area (Å²) in [6.45, 7) is 2.18. The minimum atomic E-state index is -0.335. The van der Waals surface area contributed by atoms with E-state index in [2.05, 4.69) is 4.98 Å². The smallest absolute Gasteiger partial charge is 0.280 e. The maximum Gasteiger partial charge on any atom is 0.280 e. The Morgan fingerprint density at radius 3 is 2.75 bits per heavy atom. The highest BCUT2D eigenvalue weighted by Crippen LogP contribution is 2.23. The summed E-state index contributed by atoms with van der Waals surface area (Å²) < 4.78 is 0. The fourth-order valence-corrected chi connectivity index (χ4v) is 1.87. The predicted octanol–water partition coefficient (Wildman–Crippen LogP) is 0.415. The minimum Gasteiger partial charge on any atom is -0.328 e. The third kappa shape index (κ3) is 1.40. The molecular formula is C11H13N3O2. The lowest BCUT2D eigenvalue weighted by atomic mass is 10.2. The summed E-state index contributed by atoms with van der Waals surface area (Å²) in [5.41, 5.74) is 6.17. The molecule has 1 atom stereocenters. The highest BCUT2D eigenvalue weighted by molar-refractivity contribution is 6.20. The number of nitrogens with two attached hydrogens (primary N) is 1. The Labute approximate surface area is 93.3 Å². The van der Waals surface area contributed by atoms with Crippen LogP contribution in [0.1, 0.15) is 34.2 Å². The van der Waals surface area contributed by atoms with Crippen molar-refractivity contribution in [2.75, 3.05) is 6.54 Å². The van der Waals surface area contributed by atoms with Gasteiger partial charge in [0.15, 0.2) is 0 Å². The van der Waals surface area contributed by atoms with Crippen LogP contribution in [0.15, 0.2) is 18.3 Å². The first-order chi connectivity index (χ1) is 7.70. The van der Waals surface area contributed by atoms with Crippen molar-refractivity contribution in [2.45, 2.75) is 19.4 Å². The van der Waals surface area contributed by atoms with Crippen LogP contribution in [0, 0.1) is 0 Å². The normalized spacial score (nSPS) is 16.5. The molecule has 1 aromatic rings. The predicted molar refractivity (Wildman–Crippen MR) is 57.9 cm³/mol. The molecule has 0 bridgehead atoms. The fourth-order valence-electron chi connectivity index (χ4n) is 1.87. The molecule has 1 unspecified atom stereocenters. The van der Waals surface area contributed by atoms with Crippen LogP contribution in [0.3, 0.4) is 0 Å². The van der Waals surface area contributed by atoms with Crippen molar-refractivity contribution in [3.8, 4) is 0 Å². The molecule has 0 aromatic carbocycles. The number of aromatic nitrogens is 1. The van der Waals surface area contributed by atoms with Crippen LogP contribution in [0.4, 0.5) is 0 Å². The van der Waals surface area contributed by atoms with E-state index in [1.54, 1.807) is 12.1 Å².